The van der Waals surface area contributed by atoms with Crippen LogP contribution in [0.1, 0.15) is 37.5 Å². The summed E-state index contributed by atoms with van der Waals surface area (Å²) in [5, 5.41) is 9.39. The highest BCUT2D eigenvalue weighted by Crippen LogP contribution is 2.48. The molecule has 0 N–H and O–H groups in total. The van der Waals surface area contributed by atoms with E-state index < -0.39 is 0 Å². The van der Waals surface area contributed by atoms with E-state index >= 15 is 0 Å². The maximum atomic E-state index is 9.39. The number of allylic oxidation sites excluding steroid dienone is 5. The molecule has 2 rings (SSSR count). The maximum Gasteiger partial charge on any atom is 0.0998 e. The Kier molecular flexibility index (Phi) is 3.20. The second-order valence-electron chi connectivity index (χ2n) is 5.60. The van der Waals surface area contributed by atoms with E-state index in [0.29, 0.717) is 5.57 Å². The third kappa shape index (κ3) is 1.94. The molecule has 0 radical (unpaired) electrons. The molecule has 0 aromatic heterocycles. The molecule has 0 spiro atoms. The van der Waals surface area contributed by atoms with Crippen molar-refractivity contribution in [2.75, 3.05) is 0 Å². The molecule has 0 amide bonds. The predicted octanol–water partition coefficient (Wildman–Crippen LogP) is 4.70. The minimum absolute atomic E-state index is 0.0200. The van der Waals surface area contributed by atoms with Crippen molar-refractivity contribution in [2.24, 2.45) is 0 Å². The molecule has 1 aliphatic carbocycles. The second-order valence-corrected chi connectivity index (χ2v) is 5.60. The fraction of sp³-hybridized carbons (Fsp3) is 0.278. The van der Waals surface area contributed by atoms with Gasteiger partial charge in [0.25, 0.3) is 0 Å². The van der Waals surface area contributed by atoms with E-state index in [0.717, 1.165) is 5.57 Å². The van der Waals surface area contributed by atoms with Gasteiger partial charge in [0.05, 0.1) is 11.6 Å². The highest BCUT2D eigenvalue weighted by molar-refractivity contribution is 5.92. The van der Waals surface area contributed by atoms with E-state index in [1.54, 1.807) is 12.2 Å². The summed E-state index contributed by atoms with van der Waals surface area (Å²) in [6, 6.07) is 8.77. The van der Waals surface area contributed by atoms with E-state index in [4.69, 9.17) is 0 Å². The first-order chi connectivity index (χ1) is 8.93. The SMILES string of the molecule is C=C/C=C(/C#N)C1=C(C)C(C)(C)c2cc(C)ccc21. The normalized spacial score (nSPS) is 17.1. The van der Waals surface area contributed by atoms with Gasteiger partial charge in [0.1, 0.15) is 0 Å². The third-order valence-electron chi connectivity index (χ3n) is 4.10. The van der Waals surface area contributed by atoms with Crippen LogP contribution in [0.25, 0.3) is 5.57 Å². The van der Waals surface area contributed by atoms with E-state index in [1.165, 1.54) is 22.3 Å². The first-order valence-electron chi connectivity index (χ1n) is 6.49. The number of hydrogen-bond donors (Lipinski definition) is 0. The summed E-state index contributed by atoms with van der Waals surface area (Å²) < 4.78 is 0. The number of nitrogens with zero attached hydrogens (tertiary/aromatic N) is 1. The summed E-state index contributed by atoms with van der Waals surface area (Å²) in [6.07, 6.45) is 3.47. The summed E-state index contributed by atoms with van der Waals surface area (Å²) in [5.41, 5.74) is 6.75. The number of rotatable bonds is 2. The Bertz CT molecular complexity index is 649. The standard InChI is InChI=1S/C18H19N/c1-6-7-14(11-19)17-13(3)18(4,5)16-10-12(2)8-9-15(16)17/h6-10H,1H2,2-5H3/b14-7-. The fourth-order valence-corrected chi connectivity index (χ4v) is 2.75. The third-order valence-corrected chi connectivity index (χ3v) is 4.10. The molecule has 1 aliphatic rings. The van der Waals surface area contributed by atoms with E-state index in [2.05, 4.69) is 58.5 Å². The molecule has 1 heteroatoms. The Morgan fingerprint density at radius 1 is 1.32 bits per heavy atom. The number of benzene rings is 1. The van der Waals surface area contributed by atoms with Gasteiger partial charge < -0.3 is 0 Å². The highest BCUT2D eigenvalue weighted by Gasteiger charge is 2.36. The van der Waals surface area contributed by atoms with Crippen LogP contribution in [0, 0.1) is 18.3 Å². The van der Waals surface area contributed by atoms with E-state index in [1.807, 2.05) is 0 Å². The summed E-state index contributed by atoms with van der Waals surface area (Å²) in [4.78, 5) is 0. The van der Waals surface area contributed by atoms with Crippen LogP contribution in [0.3, 0.4) is 0 Å². The number of fused-ring (bicyclic) bond motifs is 1. The van der Waals surface area contributed by atoms with Crippen LogP contribution in [0.2, 0.25) is 0 Å². The Labute approximate surface area is 115 Å². The van der Waals surface area contributed by atoms with Crippen LogP contribution in [-0.2, 0) is 5.41 Å². The maximum absolute atomic E-state index is 9.39. The van der Waals surface area contributed by atoms with Crippen molar-refractivity contribution in [2.45, 2.75) is 33.1 Å². The van der Waals surface area contributed by atoms with Gasteiger partial charge in [-0.15, -0.1) is 0 Å². The van der Waals surface area contributed by atoms with Gasteiger partial charge >= 0.3 is 0 Å². The van der Waals surface area contributed by atoms with Gasteiger partial charge in [0.15, 0.2) is 0 Å². The van der Waals surface area contributed by atoms with Gasteiger partial charge in [-0.05, 0) is 36.6 Å². The van der Waals surface area contributed by atoms with E-state index in [-0.39, 0.29) is 5.41 Å². The Balaban J connectivity index is 2.77. The van der Waals surface area contributed by atoms with Gasteiger partial charge in [0, 0.05) is 5.41 Å². The quantitative estimate of drug-likeness (QED) is 0.550. The fourth-order valence-electron chi connectivity index (χ4n) is 2.75. The largest absolute Gasteiger partial charge is 0.192 e. The smallest absolute Gasteiger partial charge is 0.0998 e. The molecule has 0 heterocycles. The molecule has 0 unspecified atom stereocenters. The number of aryl methyl sites for hydroxylation is 1. The molecule has 96 valence electrons. The lowest BCUT2D eigenvalue weighted by molar-refractivity contribution is 0.638. The van der Waals surface area contributed by atoms with Gasteiger partial charge in [-0.25, -0.2) is 0 Å². The Hall–Kier alpha value is -2.07. The zero-order chi connectivity index (χ0) is 14.2. The van der Waals surface area contributed by atoms with Crippen molar-refractivity contribution in [3.05, 3.63) is 64.8 Å². The van der Waals surface area contributed by atoms with Crippen LogP contribution in [0.4, 0.5) is 0 Å². The second kappa shape index (κ2) is 4.55. The minimum atomic E-state index is -0.0200. The zero-order valence-corrected chi connectivity index (χ0v) is 12.0. The average molecular weight is 249 g/mol. The molecule has 1 aromatic rings. The van der Waals surface area contributed by atoms with Gasteiger partial charge in [-0.1, -0.05) is 55.8 Å². The number of hydrogen-bond acceptors (Lipinski definition) is 1. The molecule has 0 atom stereocenters. The Morgan fingerprint density at radius 3 is 2.58 bits per heavy atom. The van der Waals surface area contributed by atoms with E-state index in [9.17, 15) is 5.26 Å². The monoisotopic (exact) mass is 249 g/mol. The molecule has 1 nitrogen and oxygen atoms in total. The summed E-state index contributed by atoms with van der Waals surface area (Å²) in [7, 11) is 0. The molecule has 0 saturated carbocycles. The lowest BCUT2D eigenvalue weighted by Crippen LogP contribution is -2.15. The van der Waals surface area contributed by atoms with Gasteiger partial charge in [0.2, 0.25) is 0 Å². The molecule has 0 aliphatic heterocycles. The molecule has 0 saturated heterocycles. The lowest BCUT2D eigenvalue weighted by atomic mass is 9.81. The van der Waals surface area contributed by atoms with Crippen molar-refractivity contribution in [1.82, 2.24) is 0 Å². The van der Waals surface area contributed by atoms with Crippen LogP contribution < -0.4 is 0 Å². The molecular weight excluding hydrogens is 230 g/mol. The van der Waals surface area contributed by atoms with Crippen LogP contribution in [0.15, 0.2) is 48.1 Å². The van der Waals surface area contributed by atoms with Crippen molar-refractivity contribution in [3.8, 4) is 6.07 Å². The van der Waals surface area contributed by atoms with Crippen molar-refractivity contribution >= 4 is 5.57 Å². The van der Waals surface area contributed by atoms with Crippen molar-refractivity contribution in [1.29, 1.82) is 5.26 Å². The lowest BCUT2D eigenvalue weighted by Gasteiger charge is -2.22. The highest BCUT2D eigenvalue weighted by atomic mass is 14.4. The van der Waals surface area contributed by atoms with Gasteiger partial charge in [-0.2, -0.15) is 5.26 Å². The molecule has 1 aromatic carbocycles. The van der Waals surface area contributed by atoms with Gasteiger partial charge in [-0.3, -0.25) is 0 Å². The molecule has 19 heavy (non-hydrogen) atoms. The first kappa shape index (κ1) is 13.4. The molecule has 0 bridgehead atoms. The number of nitriles is 1. The van der Waals surface area contributed by atoms with Crippen LogP contribution >= 0.6 is 0 Å². The first-order valence-corrected chi connectivity index (χ1v) is 6.49. The summed E-state index contributed by atoms with van der Waals surface area (Å²) in [5.74, 6) is 0. The van der Waals surface area contributed by atoms with Crippen LogP contribution in [-0.4, -0.2) is 0 Å². The zero-order valence-electron chi connectivity index (χ0n) is 12.0. The van der Waals surface area contributed by atoms with Crippen molar-refractivity contribution < 1.29 is 0 Å². The summed E-state index contributed by atoms with van der Waals surface area (Å²) >= 11 is 0. The predicted molar refractivity (Wildman–Crippen MR) is 80.7 cm³/mol. The Morgan fingerprint density at radius 2 is 2.00 bits per heavy atom. The van der Waals surface area contributed by atoms with Crippen molar-refractivity contribution in [3.63, 3.8) is 0 Å². The molecular formula is C18H19N. The topological polar surface area (TPSA) is 23.8 Å². The molecule has 0 fully saturated rings. The van der Waals surface area contributed by atoms with Crippen LogP contribution in [0.5, 0.6) is 0 Å². The summed E-state index contributed by atoms with van der Waals surface area (Å²) in [6.45, 7) is 12.4. The average Bonchev–Trinajstić information content (AvgIpc) is 2.56. The minimum Gasteiger partial charge on any atom is -0.192 e.